The zero-order valence-electron chi connectivity index (χ0n) is 9.69. The van der Waals surface area contributed by atoms with Crippen molar-refractivity contribution in [3.05, 3.63) is 64.8 Å². The highest BCUT2D eigenvalue weighted by Crippen LogP contribution is 2.28. The number of thiophene rings is 1. The van der Waals surface area contributed by atoms with Gasteiger partial charge in [0.2, 0.25) is 0 Å². The van der Waals surface area contributed by atoms with Crippen LogP contribution in [0.4, 0.5) is 10.1 Å². The van der Waals surface area contributed by atoms with Crippen LogP contribution < -0.4 is 5.73 Å². The number of anilines is 1. The first kappa shape index (κ1) is 11.2. The minimum absolute atomic E-state index is 0.193. The molecule has 0 saturated carbocycles. The van der Waals surface area contributed by atoms with Gasteiger partial charge in [0.25, 0.3) is 0 Å². The fourth-order valence-corrected chi connectivity index (χ4v) is 3.13. The smallest absolute Gasteiger partial charge is 0.126 e. The van der Waals surface area contributed by atoms with Crippen LogP contribution >= 0.6 is 11.3 Å². The second-order valence-corrected chi connectivity index (χ2v) is 5.45. The molecule has 18 heavy (non-hydrogen) atoms. The molecule has 0 fully saturated rings. The maximum atomic E-state index is 13.7. The summed E-state index contributed by atoms with van der Waals surface area (Å²) in [6, 6.07) is 15.0. The number of hydrogen-bond donors (Lipinski definition) is 1. The number of nitrogen functional groups attached to an aromatic ring is 1. The van der Waals surface area contributed by atoms with E-state index in [4.69, 9.17) is 5.73 Å². The molecular weight excluding hydrogens is 245 g/mol. The highest BCUT2D eigenvalue weighted by molar-refractivity contribution is 7.19. The summed E-state index contributed by atoms with van der Waals surface area (Å²) < 4.78 is 14.9. The van der Waals surface area contributed by atoms with Crippen molar-refractivity contribution in [3.63, 3.8) is 0 Å². The third-order valence-electron chi connectivity index (χ3n) is 2.91. The second kappa shape index (κ2) is 4.42. The Labute approximate surface area is 109 Å². The van der Waals surface area contributed by atoms with Gasteiger partial charge >= 0.3 is 0 Å². The summed E-state index contributed by atoms with van der Waals surface area (Å²) in [5.41, 5.74) is 6.95. The Morgan fingerprint density at radius 3 is 2.72 bits per heavy atom. The topological polar surface area (TPSA) is 26.0 Å². The van der Waals surface area contributed by atoms with Crippen LogP contribution in [0.3, 0.4) is 0 Å². The van der Waals surface area contributed by atoms with Crippen LogP contribution in [0.1, 0.15) is 10.4 Å². The molecule has 0 aliphatic carbocycles. The first-order valence-electron chi connectivity index (χ1n) is 5.74. The Morgan fingerprint density at radius 1 is 1.06 bits per heavy atom. The molecule has 2 N–H and O–H groups in total. The Kier molecular flexibility index (Phi) is 2.76. The highest BCUT2D eigenvalue weighted by atomic mass is 32.1. The zero-order chi connectivity index (χ0) is 12.5. The van der Waals surface area contributed by atoms with Crippen molar-refractivity contribution in [2.24, 2.45) is 0 Å². The summed E-state index contributed by atoms with van der Waals surface area (Å²) in [6.07, 6.45) is 0.593. The van der Waals surface area contributed by atoms with E-state index in [1.54, 1.807) is 23.5 Å². The van der Waals surface area contributed by atoms with Crippen LogP contribution in [0.2, 0.25) is 0 Å². The van der Waals surface area contributed by atoms with Crippen molar-refractivity contribution in [1.29, 1.82) is 0 Å². The molecule has 2 aromatic carbocycles. The molecule has 0 radical (unpaired) electrons. The fourth-order valence-electron chi connectivity index (χ4n) is 2.04. The van der Waals surface area contributed by atoms with E-state index >= 15 is 0 Å². The molecule has 90 valence electrons. The molecule has 0 saturated heterocycles. The lowest BCUT2D eigenvalue weighted by atomic mass is 10.1. The number of benzene rings is 2. The Hall–Kier alpha value is -1.87. The molecule has 0 bridgehead atoms. The molecule has 0 amide bonds. The Balaban J connectivity index is 1.98. The lowest BCUT2D eigenvalue weighted by molar-refractivity contribution is 0.614. The van der Waals surface area contributed by atoms with E-state index in [1.165, 1.54) is 16.2 Å². The van der Waals surface area contributed by atoms with E-state index < -0.39 is 0 Å². The van der Waals surface area contributed by atoms with Crippen LogP contribution in [0.25, 0.3) is 10.1 Å². The molecule has 1 nitrogen and oxygen atoms in total. The van der Waals surface area contributed by atoms with Crippen LogP contribution in [0.5, 0.6) is 0 Å². The van der Waals surface area contributed by atoms with Gasteiger partial charge in [0.15, 0.2) is 0 Å². The summed E-state index contributed by atoms with van der Waals surface area (Å²) >= 11 is 1.70. The molecular formula is C15H12FNS. The fraction of sp³-hybridized carbons (Fsp3) is 0.0667. The molecule has 3 heteroatoms. The first-order chi connectivity index (χ1) is 8.72. The molecule has 1 heterocycles. The summed E-state index contributed by atoms with van der Waals surface area (Å²) in [6.45, 7) is 0. The van der Waals surface area contributed by atoms with Crippen molar-refractivity contribution in [2.75, 3.05) is 5.73 Å². The Morgan fingerprint density at radius 2 is 1.89 bits per heavy atom. The predicted octanol–water partition coefficient (Wildman–Crippen LogP) is 4.21. The average Bonchev–Trinajstić information content (AvgIpc) is 2.76. The van der Waals surface area contributed by atoms with Crippen LogP contribution in [0.15, 0.2) is 48.5 Å². The van der Waals surface area contributed by atoms with E-state index in [0.717, 1.165) is 4.88 Å². The van der Waals surface area contributed by atoms with Gasteiger partial charge in [-0.05, 0) is 41.3 Å². The third-order valence-corrected chi connectivity index (χ3v) is 4.03. The van der Waals surface area contributed by atoms with E-state index in [1.807, 2.05) is 12.1 Å². The average molecular weight is 257 g/mol. The number of hydrogen-bond acceptors (Lipinski definition) is 2. The lowest BCUT2D eigenvalue weighted by Gasteiger charge is -2.02. The summed E-state index contributed by atoms with van der Waals surface area (Å²) in [5, 5.41) is 1.21. The van der Waals surface area contributed by atoms with Crippen molar-refractivity contribution >= 4 is 27.1 Å². The summed E-state index contributed by atoms with van der Waals surface area (Å²) in [4.78, 5) is 1.15. The number of halogens is 1. The molecule has 0 atom stereocenters. The monoisotopic (exact) mass is 257 g/mol. The molecule has 0 aliphatic rings. The maximum absolute atomic E-state index is 13.7. The van der Waals surface area contributed by atoms with Crippen molar-refractivity contribution in [2.45, 2.75) is 6.42 Å². The van der Waals surface area contributed by atoms with Gasteiger partial charge in [-0.3, -0.25) is 0 Å². The minimum Gasteiger partial charge on any atom is -0.399 e. The largest absolute Gasteiger partial charge is 0.399 e. The summed E-state index contributed by atoms with van der Waals surface area (Å²) in [7, 11) is 0. The van der Waals surface area contributed by atoms with E-state index in [-0.39, 0.29) is 5.82 Å². The molecule has 3 aromatic rings. The Bertz CT molecular complexity index is 670. The first-order valence-corrected chi connectivity index (χ1v) is 6.55. The number of nitrogens with two attached hydrogens (primary N) is 1. The number of rotatable bonds is 2. The van der Waals surface area contributed by atoms with Gasteiger partial charge in [0, 0.05) is 21.7 Å². The molecule has 0 unspecified atom stereocenters. The standard InChI is InChI=1S/C15H12FNS/c16-14-6-5-12(17)7-11(14)9-13-8-10-3-1-2-4-15(10)18-13/h1-8H,9,17H2. The van der Waals surface area contributed by atoms with Crippen molar-refractivity contribution in [1.82, 2.24) is 0 Å². The van der Waals surface area contributed by atoms with Crippen molar-refractivity contribution in [3.8, 4) is 0 Å². The van der Waals surface area contributed by atoms with Gasteiger partial charge < -0.3 is 5.73 Å². The molecule has 3 rings (SSSR count). The predicted molar refractivity (Wildman–Crippen MR) is 75.4 cm³/mol. The van der Waals surface area contributed by atoms with E-state index in [9.17, 15) is 4.39 Å². The molecule has 1 aromatic heterocycles. The molecule has 0 aliphatic heterocycles. The van der Waals surface area contributed by atoms with Gasteiger partial charge in [-0.1, -0.05) is 18.2 Å². The normalized spacial score (nSPS) is 10.9. The van der Waals surface area contributed by atoms with E-state index in [2.05, 4.69) is 18.2 Å². The lowest BCUT2D eigenvalue weighted by Crippen LogP contribution is -1.93. The SMILES string of the molecule is Nc1ccc(F)c(Cc2cc3ccccc3s2)c1. The molecule has 0 spiro atoms. The second-order valence-electron chi connectivity index (χ2n) is 4.28. The van der Waals surface area contributed by atoms with Crippen LogP contribution in [-0.2, 0) is 6.42 Å². The maximum Gasteiger partial charge on any atom is 0.126 e. The van der Waals surface area contributed by atoms with Crippen molar-refractivity contribution < 1.29 is 4.39 Å². The van der Waals surface area contributed by atoms with Crippen LogP contribution in [0, 0.1) is 5.82 Å². The van der Waals surface area contributed by atoms with Gasteiger partial charge in [-0.2, -0.15) is 0 Å². The van der Waals surface area contributed by atoms with Gasteiger partial charge in [0.05, 0.1) is 0 Å². The highest BCUT2D eigenvalue weighted by Gasteiger charge is 2.07. The van der Waals surface area contributed by atoms with Gasteiger partial charge in [-0.15, -0.1) is 11.3 Å². The minimum atomic E-state index is -0.193. The number of fused-ring (bicyclic) bond motifs is 1. The quantitative estimate of drug-likeness (QED) is 0.684. The zero-order valence-corrected chi connectivity index (χ0v) is 10.5. The summed E-state index contributed by atoms with van der Waals surface area (Å²) in [5.74, 6) is -0.193. The van der Waals surface area contributed by atoms with Gasteiger partial charge in [-0.25, -0.2) is 4.39 Å². The van der Waals surface area contributed by atoms with E-state index in [0.29, 0.717) is 17.7 Å². The third kappa shape index (κ3) is 2.09. The van der Waals surface area contributed by atoms with Crippen LogP contribution in [-0.4, -0.2) is 0 Å². The van der Waals surface area contributed by atoms with Gasteiger partial charge in [0.1, 0.15) is 5.82 Å².